The van der Waals surface area contributed by atoms with E-state index in [0.717, 1.165) is 3.57 Å². The molecule has 9 heteroatoms. The molecule has 4 rings (SSSR count). The topological polar surface area (TPSA) is 74.2 Å². The minimum absolute atomic E-state index is 0.160. The number of hydrogen-bond donors (Lipinski definition) is 0. The minimum Gasteiger partial charge on any atom is -0.493 e. The van der Waals surface area contributed by atoms with E-state index in [1.165, 1.54) is 7.11 Å². The number of ether oxygens (including phenoxy) is 3. The number of halogens is 3. The highest BCUT2D eigenvalue weighted by Crippen LogP contribution is 2.35. The number of esters is 2. The third-order valence-corrected chi connectivity index (χ3v) is 6.31. The maximum absolute atomic E-state index is 12.5. The molecule has 0 bridgehead atoms. The van der Waals surface area contributed by atoms with E-state index >= 15 is 0 Å². The molecule has 0 unspecified atom stereocenters. The number of carbonyl (C=O) groups excluding carboxylic acids is 2. The second-order valence-electron chi connectivity index (χ2n) is 6.77. The van der Waals surface area contributed by atoms with Crippen LogP contribution in [0.3, 0.4) is 0 Å². The number of carbonyl (C=O) groups is 2. The zero-order valence-corrected chi connectivity index (χ0v) is 22.0. The van der Waals surface area contributed by atoms with Crippen LogP contribution in [-0.2, 0) is 9.53 Å². The molecule has 1 aliphatic heterocycles. The van der Waals surface area contributed by atoms with Crippen LogP contribution in [0.15, 0.2) is 71.4 Å². The fourth-order valence-electron chi connectivity index (χ4n) is 2.94. The molecule has 3 aromatic carbocycles. The summed E-state index contributed by atoms with van der Waals surface area (Å²) in [4.78, 5) is 29.2. The van der Waals surface area contributed by atoms with Crippen molar-refractivity contribution >= 4 is 80.7 Å². The van der Waals surface area contributed by atoms with E-state index in [-0.39, 0.29) is 17.3 Å². The van der Waals surface area contributed by atoms with Crippen LogP contribution in [0, 0.1) is 7.14 Å². The van der Waals surface area contributed by atoms with E-state index in [9.17, 15) is 9.59 Å². The van der Waals surface area contributed by atoms with Crippen LogP contribution in [0.4, 0.5) is 0 Å². The first kappa shape index (κ1) is 23.7. The second kappa shape index (κ2) is 10.2. The van der Waals surface area contributed by atoms with Gasteiger partial charge in [0, 0.05) is 14.2 Å². The van der Waals surface area contributed by atoms with Crippen LogP contribution < -0.4 is 9.47 Å². The van der Waals surface area contributed by atoms with Gasteiger partial charge >= 0.3 is 11.9 Å². The Morgan fingerprint density at radius 1 is 1.06 bits per heavy atom. The molecule has 0 atom stereocenters. The Hall–Kier alpha value is -2.44. The lowest BCUT2D eigenvalue weighted by Gasteiger charge is -2.12. The van der Waals surface area contributed by atoms with E-state index in [2.05, 4.69) is 27.6 Å². The summed E-state index contributed by atoms with van der Waals surface area (Å²) in [5.74, 6) is -0.227. The molecule has 0 fully saturated rings. The van der Waals surface area contributed by atoms with Gasteiger partial charge in [0.15, 0.2) is 17.2 Å². The number of cyclic esters (lactones) is 1. The molecule has 33 heavy (non-hydrogen) atoms. The molecule has 0 saturated carbocycles. The maximum Gasteiger partial charge on any atom is 0.363 e. The quantitative estimate of drug-likeness (QED) is 0.140. The summed E-state index contributed by atoms with van der Waals surface area (Å²) in [6, 6.07) is 17.3. The van der Waals surface area contributed by atoms with Crippen LogP contribution in [0.25, 0.3) is 6.08 Å². The molecule has 0 spiro atoms. The average Bonchev–Trinajstić information content (AvgIpc) is 3.16. The monoisotopic (exact) mass is 685 g/mol. The van der Waals surface area contributed by atoms with Gasteiger partial charge in [-0.2, -0.15) is 0 Å². The molecule has 1 heterocycles. The van der Waals surface area contributed by atoms with Gasteiger partial charge in [0.05, 0.1) is 16.2 Å². The van der Waals surface area contributed by atoms with E-state index in [0.29, 0.717) is 31.0 Å². The number of aliphatic imine (C=N–C) groups is 1. The van der Waals surface area contributed by atoms with Crippen LogP contribution in [0.5, 0.6) is 11.5 Å². The molecule has 0 amide bonds. The summed E-state index contributed by atoms with van der Waals surface area (Å²) < 4.78 is 18.0. The van der Waals surface area contributed by atoms with Crippen LogP contribution in [0.1, 0.15) is 21.5 Å². The van der Waals surface area contributed by atoms with Crippen molar-refractivity contribution in [3.05, 3.63) is 95.2 Å². The van der Waals surface area contributed by atoms with E-state index in [1.807, 2.05) is 46.9 Å². The molecule has 166 valence electrons. The predicted octanol–water partition coefficient (Wildman–Crippen LogP) is 6.12. The van der Waals surface area contributed by atoms with Crippen molar-refractivity contribution in [3.8, 4) is 11.5 Å². The third kappa shape index (κ3) is 5.56. The highest BCUT2D eigenvalue weighted by atomic mass is 127. The Morgan fingerprint density at radius 3 is 2.42 bits per heavy atom. The summed E-state index contributed by atoms with van der Waals surface area (Å²) in [7, 11) is 1.47. The molecule has 6 nitrogen and oxygen atoms in total. The number of methoxy groups -OCH3 is 1. The molecule has 0 aromatic heterocycles. The van der Waals surface area contributed by atoms with Crippen molar-refractivity contribution in [2.45, 2.75) is 0 Å². The second-order valence-corrected chi connectivity index (χ2v) is 9.62. The van der Waals surface area contributed by atoms with Crippen molar-refractivity contribution in [2.24, 2.45) is 4.99 Å². The van der Waals surface area contributed by atoms with Crippen molar-refractivity contribution in [1.29, 1.82) is 0 Å². The number of hydrogen-bond acceptors (Lipinski definition) is 6. The standard InChI is InChI=1S/C24H14ClI2NO5/c1-31-20-12-13(10-18(27)21(20)32-23(29)15-2-6-16(25)7-3-15)11-19-24(30)33-22(28-19)14-4-8-17(26)9-5-14/h2-12H,1H3/b19-11-. The normalized spacial score (nSPS) is 14.1. The van der Waals surface area contributed by atoms with Gasteiger partial charge in [-0.1, -0.05) is 11.6 Å². The van der Waals surface area contributed by atoms with Crippen LogP contribution >= 0.6 is 56.8 Å². The van der Waals surface area contributed by atoms with E-state index < -0.39 is 11.9 Å². The lowest BCUT2D eigenvalue weighted by atomic mass is 10.1. The Kier molecular flexibility index (Phi) is 7.35. The summed E-state index contributed by atoms with van der Waals surface area (Å²) >= 11 is 10.1. The van der Waals surface area contributed by atoms with Crippen molar-refractivity contribution in [2.75, 3.05) is 7.11 Å². The molecular formula is C24H14ClI2NO5. The summed E-state index contributed by atoms with van der Waals surface area (Å²) in [5.41, 5.74) is 1.87. The molecule has 0 radical (unpaired) electrons. The molecule has 0 N–H and O–H groups in total. The van der Waals surface area contributed by atoms with Gasteiger partial charge in [0.1, 0.15) is 0 Å². The van der Waals surface area contributed by atoms with Crippen molar-refractivity contribution in [3.63, 3.8) is 0 Å². The fraction of sp³-hybridized carbons (Fsp3) is 0.0417. The first-order valence-corrected chi connectivity index (χ1v) is 12.0. The lowest BCUT2D eigenvalue weighted by Crippen LogP contribution is -2.10. The largest absolute Gasteiger partial charge is 0.493 e. The average molecular weight is 686 g/mol. The highest BCUT2D eigenvalue weighted by molar-refractivity contribution is 14.1. The fourth-order valence-corrected chi connectivity index (χ4v) is 4.16. The lowest BCUT2D eigenvalue weighted by molar-refractivity contribution is -0.129. The smallest absolute Gasteiger partial charge is 0.363 e. The Bertz CT molecular complexity index is 1300. The Balaban J connectivity index is 1.61. The Morgan fingerprint density at radius 2 is 1.76 bits per heavy atom. The Labute approximate surface area is 221 Å². The molecule has 0 saturated heterocycles. The molecule has 1 aliphatic rings. The van der Waals surface area contributed by atoms with Gasteiger partial charge in [-0.15, -0.1) is 0 Å². The first-order chi connectivity index (χ1) is 15.8. The minimum atomic E-state index is -0.546. The van der Waals surface area contributed by atoms with Gasteiger partial charge in [-0.3, -0.25) is 0 Å². The number of benzene rings is 3. The van der Waals surface area contributed by atoms with Crippen molar-refractivity contribution in [1.82, 2.24) is 0 Å². The highest BCUT2D eigenvalue weighted by Gasteiger charge is 2.25. The maximum atomic E-state index is 12.5. The summed E-state index contributed by atoms with van der Waals surface area (Å²) in [6.45, 7) is 0. The van der Waals surface area contributed by atoms with Gasteiger partial charge in [0.25, 0.3) is 0 Å². The first-order valence-electron chi connectivity index (χ1n) is 9.48. The van der Waals surface area contributed by atoms with Gasteiger partial charge in [0.2, 0.25) is 5.90 Å². The number of rotatable bonds is 5. The summed E-state index contributed by atoms with van der Waals surface area (Å²) in [5, 5.41) is 0.523. The van der Waals surface area contributed by atoms with E-state index in [1.54, 1.807) is 42.5 Å². The molecule has 3 aromatic rings. The number of nitrogens with zero attached hydrogens (tertiary/aromatic N) is 1. The van der Waals surface area contributed by atoms with Crippen LogP contribution in [0.2, 0.25) is 5.02 Å². The zero-order chi connectivity index (χ0) is 23.5. The van der Waals surface area contributed by atoms with Gasteiger partial charge < -0.3 is 14.2 Å². The third-order valence-electron chi connectivity index (χ3n) is 4.54. The van der Waals surface area contributed by atoms with Crippen molar-refractivity contribution < 1.29 is 23.8 Å². The molecular weight excluding hydrogens is 672 g/mol. The van der Waals surface area contributed by atoms with Crippen LogP contribution in [-0.4, -0.2) is 24.9 Å². The SMILES string of the molecule is COc1cc(/C=C2\N=C(c3ccc(I)cc3)OC2=O)cc(I)c1OC(=O)c1ccc(Cl)cc1. The predicted molar refractivity (Wildman–Crippen MR) is 142 cm³/mol. The molecule has 0 aliphatic carbocycles. The van der Waals surface area contributed by atoms with E-state index in [4.69, 9.17) is 25.8 Å². The van der Waals surface area contributed by atoms with Gasteiger partial charge in [-0.25, -0.2) is 14.6 Å². The summed E-state index contributed by atoms with van der Waals surface area (Å²) in [6.07, 6.45) is 1.59. The zero-order valence-electron chi connectivity index (χ0n) is 17.0. The van der Waals surface area contributed by atoms with Gasteiger partial charge in [-0.05, 0) is 117 Å².